The van der Waals surface area contributed by atoms with Gasteiger partial charge in [-0.1, -0.05) is 12.1 Å². The van der Waals surface area contributed by atoms with E-state index in [2.05, 4.69) is 15.6 Å². The van der Waals surface area contributed by atoms with E-state index >= 15 is 0 Å². The number of hydrogen-bond donors (Lipinski definition) is 3. The molecule has 0 saturated carbocycles. The van der Waals surface area contributed by atoms with Crippen molar-refractivity contribution in [1.29, 1.82) is 0 Å². The van der Waals surface area contributed by atoms with Crippen LogP contribution in [-0.4, -0.2) is 53.4 Å². The van der Waals surface area contributed by atoms with Gasteiger partial charge < -0.3 is 25.4 Å². The molecule has 1 aliphatic heterocycles. The van der Waals surface area contributed by atoms with E-state index in [4.69, 9.17) is 9.84 Å². The van der Waals surface area contributed by atoms with Crippen LogP contribution in [-0.2, 0) is 11.3 Å². The highest BCUT2D eigenvalue weighted by atomic mass is 16.5. The molecule has 0 bridgehead atoms. The highest BCUT2D eigenvalue weighted by Crippen LogP contribution is 2.16. The van der Waals surface area contributed by atoms with Crippen LogP contribution >= 0.6 is 0 Å². The first kappa shape index (κ1) is 17.2. The number of ether oxygens (including phenoxy) is 1. The molecular formula is C18H22N4O3. The Morgan fingerprint density at radius 1 is 1.20 bits per heavy atom. The highest BCUT2D eigenvalue weighted by molar-refractivity contribution is 5.74. The quantitative estimate of drug-likeness (QED) is 0.770. The third-order valence-corrected chi connectivity index (χ3v) is 4.00. The number of aliphatic hydroxyl groups is 1. The van der Waals surface area contributed by atoms with Crippen molar-refractivity contribution in [2.75, 3.05) is 31.6 Å². The molecule has 1 aliphatic rings. The molecule has 0 aliphatic carbocycles. The molecule has 0 spiro atoms. The minimum Gasteiger partial charge on any atom is -0.394 e. The number of benzene rings is 1. The lowest BCUT2D eigenvalue weighted by Gasteiger charge is -2.32. The summed E-state index contributed by atoms with van der Waals surface area (Å²) in [6.07, 6.45) is 3.18. The lowest BCUT2D eigenvalue weighted by atomic mass is 10.2. The largest absolute Gasteiger partial charge is 0.394 e. The molecule has 1 fully saturated rings. The number of aromatic nitrogens is 1. The molecule has 132 valence electrons. The van der Waals surface area contributed by atoms with Gasteiger partial charge >= 0.3 is 6.03 Å². The minimum atomic E-state index is -0.293. The first-order valence-corrected chi connectivity index (χ1v) is 8.26. The number of carbonyl (C=O) groups excluding carboxylic acids is 1. The lowest BCUT2D eigenvalue weighted by Crippen LogP contribution is -2.50. The Morgan fingerprint density at radius 3 is 2.64 bits per heavy atom. The summed E-state index contributed by atoms with van der Waals surface area (Å²) in [5.74, 6) is 0. The molecule has 1 aromatic heterocycles. The summed E-state index contributed by atoms with van der Waals surface area (Å²) in [6, 6.07) is 11.5. The maximum absolute atomic E-state index is 12.2. The van der Waals surface area contributed by atoms with Crippen LogP contribution in [0, 0.1) is 0 Å². The molecule has 2 aromatic rings. The van der Waals surface area contributed by atoms with Crippen LogP contribution in [0.1, 0.15) is 5.56 Å². The zero-order valence-corrected chi connectivity index (χ0v) is 13.9. The lowest BCUT2D eigenvalue weighted by molar-refractivity contribution is -0.0403. The van der Waals surface area contributed by atoms with E-state index in [1.807, 2.05) is 36.4 Å². The predicted octanol–water partition coefficient (Wildman–Crippen LogP) is 1.73. The van der Waals surface area contributed by atoms with E-state index in [9.17, 15) is 4.79 Å². The molecule has 2 heterocycles. The van der Waals surface area contributed by atoms with Gasteiger partial charge in [0.2, 0.25) is 0 Å². The summed E-state index contributed by atoms with van der Waals surface area (Å²) < 4.78 is 5.35. The second kappa shape index (κ2) is 8.46. The molecule has 1 unspecified atom stereocenters. The SMILES string of the molecule is O=C(NCc1ccc(Nc2ccncc2)cc1)N1CCOC(CO)C1. The molecule has 7 nitrogen and oxygen atoms in total. The fourth-order valence-electron chi connectivity index (χ4n) is 2.61. The molecule has 3 rings (SSSR count). The van der Waals surface area contributed by atoms with Gasteiger partial charge in [0.1, 0.15) is 0 Å². The highest BCUT2D eigenvalue weighted by Gasteiger charge is 2.23. The van der Waals surface area contributed by atoms with Crippen LogP contribution < -0.4 is 10.6 Å². The van der Waals surface area contributed by atoms with Crippen LogP contribution in [0.5, 0.6) is 0 Å². The van der Waals surface area contributed by atoms with E-state index < -0.39 is 0 Å². The topological polar surface area (TPSA) is 86.7 Å². The molecule has 7 heteroatoms. The Morgan fingerprint density at radius 2 is 1.92 bits per heavy atom. The summed E-state index contributed by atoms with van der Waals surface area (Å²) in [4.78, 5) is 17.9. The number of morpholine rings is 1. The van der Waals surface area contributed by atoms with E-state index in [0.717, 1.165) is 16.9 Å². The third kappa shape index (κ3) is 4.91. The van der Waals surface area contributed by atoms with Gasteiger partial charge in [-0.05, 0) is 29.8 Å². The molecule has 25 heavy (non-hydrogen) atoms. The van der Waals surface area contributed by atoms with Gasteiger partial charge in [0.05, 0.1) is 25.9 Å². The minimum absolute atomic E-state index is 0.0737. The first-order valence-electron chi connectivity index (χ1n) is 8.26. The van der Waals surface area contributed by atoms with Crippen molar-refractivity contribution in [3.8, 4) is 0 Å². The number of carbonyl (C=O) groups is 1. The number of amides is 2. The number of nitrogens with zero attached hydrogens (tertiary/aromatic N) is 2. The molecule has 0 radical (unpaired) electrons. The second-order valence-electron chi connectivity index (χ2n) is 5.84. The Bertz CT molecular complexity index is 678. The summed E-state index contributed by atoms with van der Waals surface area (Å²) in [5.41, 5.74) is 2.96. The molecule has 2 amide bonds. The Hall–Kier alpha value is -2.64. The number of urea groups is 1. The number of nitrogens with one attached hydrogen (secondary N) is 2. The Labute approximate surface area is 146 Å². The number of pyridine rings is 1. The monoisotopic (exact) mass is 342 g/mol. The van der Waals surface area contributed by atoms with Gasteiger partial charge in [-0.3, -0.25) is 4.98 Å². The normalized spacial score (nSPS) is 17.2. The van der Waals surface area contributed by atoms with Crippen LogP contribution in [0.25, 0.3) is 0 Å². The third-order valence-electron chi connectivity index (χ3n) is 4.00. The summed E-state index contributed by atoms with van der Waals surface area (Å²) in [5, 5.41) is 15.3. The second-order valence-corrected chi connectivity index (χ2v) is 5.84. The summed E-state index contributed by atoms with van der Waals surface area (Å²) >= 11 is 0. The van der Waals surface area contributed by atoms with Crippen molar-refractivity contribution in [2.24, 2.45) is 0 Å². The summed E-state index contributed by atoms with van der Waals surface area (Å²) in [7, 11) is 0. The Kier molecular flexibility index (Phi) is 5.81. The molecular weight excluding hydrogens is 320 g/mol. The summed E-state index contributed by atoms with van der Waals surface area (Å²) in [6.45, 7) is 1.79. The van der Waals surface area contributed by atoms with Crippen LogP contribution in [0.4, 0.5) is 16.2 Å². The van der Waals surface area contributed by atoms with Gasteiger partial charge in [0.15, 0.2) is 0 Å². The van der Waals surface area contributed by atoms with Gasteiger partial charge in [0, 0.05) is 36.9 Å². The standard InChI is InChI=1S/C18H22N4O3/c23-13-17-12-22(9-10-25-17)18(24)20-11-14-1-3-15(4-2-14)21-16-5-7-19-8-6-16/h1-8,17,23H,9-13H2,(H,19,21)(H,20,24). The average molecular weight is 342 g/mol. The first-order chi connectivity index (χ1) is 12.2. The van der Waals surface area contributed by atoms with Crippen LogP contribution in [0.15, 0.2) is 48.8 Å². The van der Waals surface area contributed by atoms with E-state index in [0.29, 0.717) is 26.2 Å². The van der Waals surface area contributed by atoms with Crippen molar-refractivity contribution >= 4 is 17.4 Å². The van der Waals surface area contributed by atoms with Crippen LogP contribution in [0.2, 0.25) is 0 Å². The van der Waals surface area contributed by atoms with Gasteiger partial charge in [0.25, 0.3) is 0 Å². The van der Waals surface area contributed by atoms with E-state index in [-0.39, 0.29) is 18.7 Å². The predicted molar refractivity (Wildman–Crippen MR) is 94.6 cm³/mol. The number of rotatable bonds is 5. The Balaban J connectivity index is 1.49. The van der Waals surface area contributed by atoms with Crippen molar-refractivity contribution in [3.05, 3.63) is 54.4 Å². The van der Waals surface area contributed by atoms with Crippen LogP contribution in [0.3, 0.4) is 0 Å². The number of aliphatic hydroxyl groups excluding tert-OH is 1. The van der Waals surface area contributed by atoms with Crippen molar-refractivity contribution < 1.29 is 14.6 Å². The van der Waals surface area contributed by atoms with E-state index in [1.54, 1.807) is 17.3 Å². The zero-order valence-electron chi connectivity index (χ0n) is 13.9. The molecule has 1 saturated heterocycles. The van der Waals surface area contributed by atoms with Crippen molar-refractivity contribution in [2.45, 2.75) is 12.6 Å². The zero-order chi connectivity index (χ0) is 17.5. The molecule has 3 N–H and O–H groups in total. The maximum atomic E-state index is 12.2. The van der Waals surface area contributed by atoms with Gasteiger partial charge in [-0.2, -0.15) is 0 Å². The van der Waals surface area contributed by atoms with Crippen molar-refractivity contribution in [3.63, 3.8) is 0 Å². The van der Waals surface area contributed by atoms with Gasteiger partial charge in [-0.15, -0.1) is 0 Å². The fourth-order valence-corrected chi connectivity index (χ4v) is 2.61. The molecule has 1 aromatic carbocycles. The number of hydrogen-bond acceptors (Lipinski definition) is 5. The van der Waals surface area contributed by atoms with Gasteiger partial charge in [-0.25, -0.2) is 4.79 Å². The maximum Gasteiger partial charge on any atom is 0.317 e. The van der Waals surface area contributed by atoms with Crippen molar-refractivity contribution in [1.82, 2.24) is 15.2 Å². The smallest absolute Gasteiger partial charge is 0.317 e. The number of anilines is 2. The fraction of sp³-hybridized carbons (Fsp3) is 0.333. The average Bonchev–Trinajstić information content (AvgIpc) is 2.68. The molecule has 1 atom stereocenters. The van der Waals surface area contributed by atoms with E-state index in [1.165, 1.54) is 0 Å².